The maximum absolute atomic E-state index is 14.9. The molecule has 2 heterocycles. The fraction of sp³-hybridized carbons (Fsp3) is 0.407. The van der Waals surface area contributed by atoms with E-state index >= 15 is 0 Å². The van der Waals surface area contributed by atoms with E-state index in [1.807, 2.05) is 44.2 Å². The highest BCUT2D eigenvalue weighted by atomic mass is 19.1. The summed E-state index contributed by atoms with van der Waals surface area (Å²) in [4.78, 5) is 28.3. The van der Waals surface area contributed by atoms with E-state index in [1.165, 1.54) is 11.0 Å². The van der Waals surface area contributed by atoms with Gasteiger partial charge in [0.25, 0.3) is 0 Å². The van der Waals surface area contributed by atoms with Crippen LogP contribution in [0, 0.1) is 5.82 Å². The molecule has 36 heavy (non-hydrogen) atoms. The van der Waals surface area contributed by atoms with Crippen molar-refractivity contribution < 1.29 is 22.8 Å². The highest BCUT2D eigenvalue weighted by Gasteiger charge is 2.59. The second-order valence-corrected chi connectivity index (χ2v) is 9.92. The molecule has 0 radical (unpaired) electrons. The fourth-order valence-corrected chi connectivity index (χ4v) is 4.99. The zero-order chi connectivity index (χ0) is 25.4. The molecule has 1 aliphatic carbocycles. The standard InChI is InChI=1S/C27H28F2N4O3/c1-16(2)20-9-8-18(12-21(20)29)23(17-6-4-3-5-7-17)31-24(34)22-13-19(28)14-33(22)26(35)27(10-11-27)25-32-30-15-36-25/h3-9,12,15-16,19,22-23H,10-11,13-14H2,1-2H3,(H,31,34). The molecule has 188 valence electrons. The number of carbonyl (C=O) groups excluding carboxylic acids is 2. The molecule has 1 saturated carbocycles. The summed E-state index contributed by atoms with van der Waals surface area (Å²) in [7, 11) is 0. The van der Waals surface area contributed by atoms with Gasteiger partial charge < -0.3 is 14.6 Å². The van der Waals surface area contributed by atoms with Gasteiger partial charge in [-0.1, -0.05) is 56.3 Å². The van der Waals surface area contributed by atoms with Crippen LogP contribution in [0.1, 0.15) is 67.7 Å². The van der Waals surface area contributed by atoms with E-state index < -0.39 is 29.6 Å². The Morgan fingerprint density at radius 1 is 1.14 bits per heavy atom. The molecule has 3 atom stereocenters. The summed E-state index contributed by atoms with van der Waals surface area (Å²) in [5.41, 5.74) is 0.905. The maximum atomic E-state index is 14.9. The molecule has 0 bridgehead atoms. The summed E-state index contributed by atoms with van der Waals surface area (Å²) >= 11 is 0. The van der Waals surface area contributed by atoms with Crippen molar-refractivity contribution in [1.82, 2.24) is 20.4 Å². The van der Waals surface area contributed by atoms with Gasteiger partial charge in [-0.2, -0.15) is 0 Å². The van der Waals surface area contributed by atoms with Gasteiger partial charge >= 0.3 is 0 Å². The molecule has 2 fully saturated rings. The van der Waals surface area contributed by atoms with Gasteiger partial charge in [0.2, 0.25) is 24.1 Å². The lowest BCUT2D eigenvalue weighted by Crippen LogP contribution is -2.50. The smallest absolute Gasteiger partial charge is 0.243 e. The van der Waals surface area contributed by atoms with Crippen molar-refractivity contribution in [3.63, 3.8) is 0 Å². The van der Waals surface area contributed by atoms with Gasteiger partial charge in [-0.25, -0.2) is 8.78 Å². The lowest BCUT2D eigenvalue weighted by atomic mass is 9.94. The van der Waals surface area contributed by atoms with E-state index in [0.717, 1.165) is 12.0 Å². The molecule has 2 amide bonds. The third-order valence-corrected chi connectivity index (χ3v) is 7.14. The van der Waals surface area contributed by atoms with Crippen LogP contribution in [-0.2, 0) is 15.0 Å². The van der Waals surface area contributed by atoms with Crippen LogP contribution in [0.4, 0.5) is 8.78 Å². The minimum atomic E-state index is -1.33. The van der Waals surface area contributed by atoms with E-state index in [-0.39, 0.29) is 36.5 Å². The number of nitrogens with zero attached hydrogens (tertiary/aromatic N) is 3. The number of amides is 2. The van der Waals surface area contributed by atoms with Crippen molar-refractivity contribution in [2.45, 2.75) is 62.7 Å². The third-order valence-electron chi connectivity index (χ3n) is 7.14. The van der Waals surface area contributed by atoms with Crippen molar-refractivity contribution in [1.29, 1.82) is 0 Å². The molecule has 3 unspecified atom stereocenters. The predicted octanol–water partition coefficient (Wildman–Crippen LogP) is 4.21. The van der Waals surface area contributed by atoms with Crippen LogP contribution >= 0.6 is 0 Å². The Bertz CT molecular complexity index is 1250. The average Bonchev–Trinajstić information content (AvgIpc) is 3.29. The topological polar surface area (TPSA) is 88.3 Å². The summed E-state index contributed by atoms with van der Waals surface area (Å²) in [6, 6.07) is 12.5. The lowest BCUT2D eigenvalue weighted by molar-refractivity contribution is -0.141. The number of carbonyl (C=O) groups is 2. The Hall–Kier alpha value is -3.62. The first-order chi connectivity index (χ1) is 17.3. The summed E-state index contributed by atoms with van der Waals surface area (Å²) < 4.78 is 34.7. The number of halogens is 2. The molecule has 1 N–H and O–H groups in total. The second-order valence-electron chi connectivity index (χ2n) is 9.92. The van der Waals surface area contributed by atoms with Crippen LogP contribution in [0.15, 0.2) is 59.3 Å². The number of alkyl halides is 1. The normalized spacial score (nSPS) is 21.4. The van der Waals surface area contributed by atoms with Crippen LogP contribution < -0.4 is 5.32 Å². The fourth-order valence-electron chi connectivity index (χ4n) is 4.99. The monoisotopic (exact) mass is 494 g/mol. The molecular formula is C27H28F2N4O3. The number of hydrogen-bond donors (Lipinski definition) is 1. The molecule has 1 saturated heterocycles. The van der Waals surface area contributed by atoms with Crippen LogP contribution in [0.25, 0.3) is 0 Å². The average molecular weight is 495 g/mol. The van der Waals surface area contributed by atoms with Gasteiger partial charge in [0.05, 0.1) is 12.6 Å². The summed E-state index contributed by atoms with van der Waals surface area (Å²) in [6.45, 7) is 3.64. The molecule has 3 aromatic rings. The Morgan fingerprint density at radius 2 is 1.89 bits per heavy atom. The van der Waals surface area contributed by atoms with Gasteiger partial charge in [-0.15, -0.1) is 10.2 Å². The number of likely N-dealkylation sites (tertiary alicyclic amines) is 1. The summed E-state index contributed by atoms with van der Waals surface area (Å²) in [5.74, 6) is -1.02. The second kappa shape index (κ2) is 9.44. The van der Waals surface area contributed by atoms with Crippen molar-refractivity contribution in [2.75, 3.05) is 6.54 Å². The number of benzene rings is 2. The van der Waals surface area contributed by atoms with E-state index in [9.17, 15) is 18.4 Å². The van der Waals surface area contributed by atoms with Gasteiger partial charge in [0.1, 0.15) is 23.4 Å². The van der Waals surface area contributed by atoms with E-state index in [1.54, 1.807) is 12.1 Å². The molecule has 7 nitrogen and oxygen atoms in total. The minimum absolute atomic E-state index is 0.0111. The van der Waals surface area contributed by atoms with Gasteiger partial charge in [-0.05, 0) is 41.5 Å². The summed E-state index contributed by atoms with van der Waals surface area (Å²) in [5, 5.41) is 10.5. The molecule has 2 aromatic carbocycles. The van der Waals surface area contributed by atoms with Crippen LogP contribution in [-0.4, -0.2) is 45.7 Å². The molecule has 5 rings (SSSR count). The molecule has 1 aliphatic heterocycles. The van der Waals surface area contributed by atoms with Gasteiger partial charge in [-0.3, -0.25) is 9.59 Å². The first-order valence-electron chi connectivity index (χ1n) is 12.2. The van der Waals surface area contributed by atoms with Crippen molar-refractivity contribution in [3.05, 3.63) is 83.3 Å². The first kappa shape index (κ1) is 24.1. The molecule has 9 heteroatoms. The van der Waals surface area contributed by atoms with E-state index in [0.29, 0.717) is 24.0 Å². The zero-order valence-electron chi connectivity index (χ0n) is 20.2. The number of rotatable bonds is 7. The van der Waals surface area contributed by atoms with Crippen molar-refractivity contribution in [3.8, 4) is 0 Å². The largest absolute Gasteiger partial charge is 0.427 e. The van der Waals surface area contributed by atoms with Crippen LogP contribution in [0.2, 0.25) is 0 Å². The quantitative estimate of drug-likeness (QED) is 0.532. The zero-order valence-corrected chi connectivity index (χ0v) is 20.2. The number of hydrogen-bond acceptors (Lipinski definition) is 5. The number of aromatic nitrogens is 2. The van der Waals surface area contributed by atoms with Gasteiger partial charge in [0, 0.05) is 6.42 Å². The molecule has 0 spiro atoms. The third kappa shape index (κ3) is 4.38. The van der Waals surface area contributed by atoms with E-state index in [2.05, 4.69) is 15.5 Å². The highest BCUT2D eigenvalue weighted by molar-refractivity contribution is 5.95. The Balaban J connectivity index is 1.42. The molecule has 2 aliphatic rings. The maximum Gasteiger partial charge on any atom is 0.243 e. The first-order valence-corrected chi connectivity index (χ1v) is 12.2. The lowest BCUT2D eigenvalue weighted by Gasteiger charge is -2.29. The van der Waals surface area contributed by atoms with Crippen LogP contribution in [0.5, 0.6) is 0 Å². The Labute approximate surface area is 207 Å². The number of nitrogens with one attached hydrogen (secondary N) is 1. The highest BCUT2D eigenvalue weighted by Crippen LogP contribution is 2.49. The van der Waals surface area contributed by atoms with Crippen molar-refractivity contribution >= 4 is 11.8 Å². The SMILES string of the molecule is CC(C)c1ccc(C(NC(=O)C2CC(F)CN2C(=O)C2(c3nnco3)CC2)c2ccccc2)cc1F. The minimum Gasteiger partial charge on any atom is -0.427 e. The van der Waals surface area contributed by atoms with Gasteiger partial charge in [0.15, 0.2) is 0 Å². The van der Waals surface area contributed by atoms with Crippen LogP contribution in [0.3, 0.4) is 0 Å². The summed E-state index contributed by atoms with van der Waals surface area (Å²) in [6.07, 6.45) is 0.720. The Kier molecular flexibility index (Phi) is 6.32. The molecular weight excluding hydrogens is 466 g/mol. The molecule has 1 aromatic heterocycles. The Morgan fingerprint density at radius 3 is 2.50 bits per heavy atom. The van der Waals surface area contributed by atoms with Crippen molar-refractivity contribution in [2.24, 2.45) is 0 Å². The predicted molar refractivity (Wildman–Crippen MR) is 127 cm³/mol. The van der Waals surface area contributed by atoms with E-state index in [4.69, 9.17) is 4.42 Å².